The summed E-state index contributed by atoms with van der Waals surface area (Å²) in [6.07, 6.45) is 3.26. The first-order valence-corrected chi connectivity index (χ1v) is 6.50. The van der Waals surface area contributed by atoms with E-state index in [0.29, 0.717) is 12.5 Å². The van der Waals surface area contributed by atoms with Crippen LogP contribution >= 0.6 is 7.60 Å². The lowest BCUT2D eigenvalue weighted by Crippen LogP contribution is -2.22. The minimum atomic E-state index is -3.86. The molecule has 0 rings (SSSR count). The molecule has 0 aromatic rings. The third kappa shape index (κ3) is 10.0. The SMILES string of the molecule is CCCCC(C)CNCP(=O)(O)O. The van der Waals surface area contributed by atoms with Crippen LogP contribution in [0.3, 0.4) is 0 Å². The third-order valence-corrected chi connectivity index (χ3v) is 2.50. The Morgan fingerprint density at radius 3 is 2.54 bits per heavy atom. The van der Waals surface area contributed by atoms with Gasteiger partial charge in [-0.25, -0.2) is 0 Å². The first kappa shape index (κ1) is 13.1. The van der Waals surface area contributed by atoms with Crippen LogP contribution in [0.1, 0.15) is 33.1 Å². The Morgan fingerprint density at radius 2 is 2.08 bits per heavy atom. The molecule has 0 saturated carbocycles. The lowest BCUT2D eigenvalue weighted by molar-refractivity contribution is 0.364. The second-order valence-corrected chi connectivity index (χ2v) is 5.17. The molecule has 0 aliphatic rings. The van der Waals surface area contributed by atoms with Gasteiger partial charge in [0.1, 0.15) is 0 Å². The molecule has 80 valence electrons. The summed E-state index contributed by atoms with van der Waals surface area (Å²) in [5.41, 5.74) is 0. The van der Waals surface area contributed by atoms with Crippen LogP contribution in [0.5, 0.6) is 0 Å². The van der Waals surface area contributed by atoms with E-state index in [-0.39, 0.29) is 6.29 Å². The van der Waals surface area contributed by atoms with Gasteiger partial charge in [0.05, 0.1) is 6.29 Å². The lowest BCUT2D eigenvalue weighted by Gasteiger charge is -2.12. The van der Waals surface area contributed by atoms with Crippen molar-refractivity contribution in [1.82, 2.24) is 5.32 Å². The topological polar surface area (TPSA) is 69.6 Å². The fraction of sp³-hybridized carbons (Fsp3) is 1.00. The fourth-order valence-corrected chi connectivity index (χ4v) is 1.53. The fourth-order valence-electron chi connectivity index (χ4n) is 1.11. The summed E-state index contributed by atoms with van der Waals surface area (Å²) in [4.78, 5) is 17.1. The zero-order valence-electron chi connectivity index (χ0n) is 8.36. The summed E-state index contributed by atoms with van der Waals surface area (Å²) >= 11 is 0. The van der Waals surface area contributed by atoms with Gasteiger partial charge in [0.25, 0.3) is 0 Å². The van der Waals surface area contributed by atoms with Crippen molar-refractivity contribution >= 4 is 7.60 Å². The van der Waals surface area contributed by atoms with Gasteiger partial charge in [0.15, 0.2) is 0 Å². The van der Waals surface area contributed by atoms with Gasteiger partial charge in [-0.2, -0.15) is 0 Å². The molecule has 0 amide bonds. The molecule has 0 spiro atoms. The van der Waals surface area contributed by atoms with Crippen molar-refractivity contribution in [2.75, 3.05) is 12.8 Å². The van der Waals surface area contributed by atoms with Crippen LogP contribution in [0.4, 0.5) is 0 Å². The van der Waals surface area contributed by atoms with Crippen molar-refractivity contribution in [2.24, 2.45) is 5.92 Å². The molecule has 0 aromatic heterocycles. The third-order valence-electron chi connectivity index (χ3n) is 1.86. The van der Waals surface area contributed by atoms with Gasteiger partial charge in [-0.15, -0.1) is 0 Å². The van der Waals surface area contributed by atoms with Crippen LogP contribution < -0.4 is 5.32 Å². The molecule has 1 unspecified atom stereocenters. The Kier molecular flexibility index (Phi) is 6.60. The molecule has 13 heavy (non-hydrogen) atoms. The Hall–Kier alpha value is 0.110. The zero-order valence-corrected chi connectivity index (χ0v) is 9.26. The summed E-state index contributed by atoms with van der Waals surface area (Å²) in [6.45, 7) is 4.91. The van der Waals surface area contributed by atoms with E-state index in [1.165, 1.54) is 12.8 Å². The van der Waals surface area contributed by atoms with Gasteiger partial charge >= 0.3 is 7.60 Å². The van der Waals surface area contributed by atoms with E-state index in [9.17, 15) is 4.57 Å². The molecule has 0 bridgehead atoms. The highest BCUT2D eigenvalue weighted by molar-refractivity contribution is 7.51. The first-order valence-electron chi connectivity index (χ1n) is 4.71. The summed E-state index contributed by atoms with van der Waals surface area (Å²) in [7, 11) is -3.86. The first-order chi connectivity index (χ1) is 5.95. The smallest absolute Gasteiger partial charge is 0.324 e. The van der Waals surface area contributed by atoms with E-state index in [0.717, 1.165) is 6.42 Å². The molecular weight excluding hydrogens is 189 g/mol. The number of nitrogens with one attached hydrogen (secondary N) is 1. The second-order valence-electron chi connectivity index (χ2n) is 3.52. The zero-order chi connectivity index (χ0) is 10.3. The molecule has 0 heterocycles. The van der Waals surface area contributed by atoms with E-state index in [4.69, 9.17) is 9.79 Å². The lowest BCUT2D eigenvalue weighted by atomic mass is 10.1. The average Bonchev–Trinajstić information content (AvgIpc) is 1.98. The van der Waals surface area contributed by atoms with E-state index in [1.54, 1.807) is 0 Å². The maximum atomic E-state index is 10.5. The van der Waals surface area contributed by atoms with Crippen molar-refractivity contribution in [3.63, 3.8) is 0 Å². The maximum Gasteiger partial charge on any atom is 0.339 e. The standard InChI is InChI=1S/C8H20NO3P/c1-3-4-5-8(2)6-9-7-13(10,11)12/h8-9H,3-7H2,1-2H3,(H2,10,11,12). The number of hydrogen-bond acceptors (Lipinski definition) is 2. The highest BCUT2D eigenvalue weighted by Gasteiger charge is 2.11. The number of rotatable bonds is 7. The van der Waals surface area contributed by atoms with Crippen LogP contribution in [0.15, 0.2) is 0 Å². The van der Waals surface area contributed by atoms with E-state index < -0.39 is 7.60 Å². The van der Waals surface area contributed by atoms with Crippen molar-refractivity contribution in [1.29, 1.82) is 0 Å². The predicted octanol–water partition coefficient (Wildman–Crippen LogP) is 1.54. The van der Waals surface area contributed by atoms with Gasteiger partial charge in [-0.05, 0) is 18.9 Å². The number of hydrogen-bond donors (Lipinski definition) is 3. The summed E-state index contributed by atoms with van der Waals surface area (Å²) in [5, 5.41) is 2.77. The Morgan fingerprint density at radius 1 is 1.46 bits per heavy atom. The van der Waals surface area contributed by atoms with Crippen molar-refractivity contribution in [3.05, 3.63) is 0 Å². The Labute approximate surface area is 79.9 Å². The van der Waals surface area contributed by atoms with Crippen LogP contribution in [0, 0.1) is 5.92 Å². The molecule has 1 atom stereocenters. The van der Waals surface area contributed by atoms with Crippen LogP contribution in [0.2, 0.25) is 0 Å². The quantitative estimate of drug-likeness (QED) is 0.556. The van der Waals surface area contributed by atoms with Crippen molar-refractivity contribution in [3.8, 4) is 0 Å². The Balaban J connectivity index is 3.37. The summed E-state index contributed by atoms with van der Waals surface area (Å²) in [5.74, 6) is 0.492. The minimum absolute atomic E-state index is 0.205. The Bertz CT molecular complexity index is 169. The molecule has 0 aromatic carbocycles. The molecule has 0 saturated heterocycles. The summed E-state index contributed by atoms with van der Waals surface area (Å²) in [6, 6.07) is 0. The van der Waals surface area contributed by atoms with Crippen LogP contribution in [-0.4, -0.2) is 22.6 Å². The van der Waals surface area contributed by atoms with Gasteiger partial charge in [0.2, 0.25) is 0 Å². The normalized spacial score (nSPS) is 14.5. The molecule has 0 aliphatic heterocycles. The van der Waals surface area contributed by atoms with Crippen molar-refractivity contribution < 1.29 is 14.4 Å². The molecule has 0 fully saturated rings. The van der Waals surface area contributed by atoms with Gasteiger partial charge in [-0.3, -0.25) is 4.57 Å². The molecule has 3 N–H and O–H groups in total. The van der Waals surface area contributed by atoms with Gasteiger partial charge in [0, 0.05) is 0 Å². The van der Waals surface area contributed by atoms with Crippen molar-refractivity contribution in [2.45, 2.75) is 33.1 Å². The molecular formula is C8H20NO3P. The van der Waals surface area contributed by atoms with E-state index in [1.807, 2.05) is 0 Å². The molecule has 0 radical (unpaired) electrons. The highest BCUT2D eigenvalue weighted by Crippen LogP contribution is 2.31. The predicted molar refractivity (Wildman–Crippen MR) is 53.6 cm³/mol. The second kappa shape index (κ2) is 6.55. The molecule has 5 heteroatoms. The largest absolute Gasteiger partial charge is 0.339 e. The van der Waals surface area contributed by atoms with Gasteiger partial charge < -0.3 is 15.1 Å². The minimum Gasteiger partial charge on any atom is -0.324 e. The highest BCUT2D eigenvalue weighted by atomic mass is 31.2. The maximum absolute atomic E-state index is 10.5. The summed E-state index contributed by atoms with van der Waals surface area (Å²) < 4.78 is 10.5. The van der Waals surface area contributed by atoms with Crippen LogP contribution in [0.25, 0.3) is 0 Å². The molecule has 4 nitrogen and oxygen atoms in total. The van der Waals surface area contributed by atoms with E-state index >= 15 is 0 Å². The number of unbranched alkanes of at least 4 members (excludes halogenated alkanes) is 1. The average molecular weight is 209 g/mol. The van der Waals surface area contributed by atoms with Gasteiger partial charge in [-0.1, -0.05) is 26.7 Å². The van der Waals surface area contributed by atoms with E-state index in [2.05, 4.69) is 19.2 Å². The van der Waals surface area contributed by atoms with Crippen LogP contribution in [-0.2, 0) is 4.57 Å². The molecule has 0 aliphatic carbocycles. The monoisotopic (exact) mass is 209 g/mol.